The monoisotopic (exact) mass is 492 g/mol. The zero-order valence-electron chi connectivity index (χ0n) is 17.0. The molecule has 156 valence electrons. The van der Waals surface area contributed by atoms with Gasteiger partial charge in [-0.05, 0) is 70.9 Å². The van der Waals surface area contributed by atoms with Crippen molar-refractivity contribution in [2.45, 2.75) is 29.9 Å². The Hall–Kier alpha value is -2.90. The topological polar surface area (TPSA) is 59.8 Å². The van der Waals surface area contributed by atoms with Crippen molar-refractivity contribution in [3.05, 3.63) is 100 Å². The molecule has 0 aliphatic heterocycles. The van der Waals surface area contributed by atoms with Crippen LogP contribution in [0.1, 0.15) is 21.5 Å². The normalized spacial score (nSPS) is 10.8. The van der Waals surface area contributed by atoms with E-state index in [-0.39, 0.29) is 5.91 Å². The highest BCUT2D eigenvalue weighted by Gasteiger charge is 2.14. The molecule has 0 aliphatic rings. The molecule has 0 saturated carbocycles. The first-order valence-corrected chi connectivity index (χ1v) is 11.5. The number of aromatic nitrogens is 3. The highest BCUT2D eigenvalue weighted by Crippen LogP contribution is 2.33. The minimum absolute atomic E-state index is 0.139. The zero-order chi connectivity index (χ0) is 21.6. The molecule has 0 atom stereocenters. The minimum atomic E-state index is -0.139. The van der Waals surface area contributed by atoms with Crippen molar-refractivity contribution in [1.82, 2.24) is 14.8 Å². The molecule has 0 spiro atoms. The number of para-hydroxylation sites is 1. The van der Waals surface area contributed by atoms with Gasteiger partial charge < -0.3 is 5.32 Å². The van der Waals surface area contributed by atoms with Crippen molar-refractivity contribution in [1.29, 1.82) is 0 Å². The van der Waals surface area contributed by atoms with Crippen LogP contribution in [-0.2, 0) is 13.0 Å². The van der Waals surface area contributed by atoms with Gasteiger partial charge in [0.1, 0.15) is 0 Å². The summed E-state index contributed by atoms with van der Waals surface area (Å²) >= 11 is 4.87. The average molecular weight is 493 g/mol. The maximum atomic E-state index is 12.7. The SMILES string of the molecule is Cc1ccc(C(=O)Nc2ccccc2Sc2nc(Br)nn2CCc2ccccc2)cc1. The molecule has 3 aromatic carbocycles. The number of benzene rings is 3. The molecule has 0 aliphatic carbocycles. The number of aryl methyl sites for hydroxylation is 3. The Balaban J connectivity index is 1.51. The first-order valence-electron chi connectivity index (χ1n) is 9.87. The largest absolute Gasteiger partial charge is 0.321 e. The fourth-order valence-electron chi connectivity index (χ4n) is 3.06. The number of carbonyl (C=O) groups excluding carboxylic acids is 1. The second-order valence-electron chi connectivity index (χ2n) is 7.04. The van der Waals surface area contributed by atoms with E-state index in [1.165, 1.54) is 17.3 Å². The second kappa shape index (κ2) is 9.94. The van der Waals surface area contributed by atoms with Gasteiger partial charge >= 0.3 is 0 Å². The van der Waals surface area contributed by atoms with Crippen LogP contribution in [0.2, 0.25) is 0 Å². The second-order valence-corrected chi connectivity index (χ2v) is 8.76. The van der Waals surface area contributed by atoms with Crippen molar-refractivity contribution in [3.63, 3.8) is 0 Å². The highest BCUT2D eigenvalue weighted by atomic mass is 79.9. The number of nitrogens with one attached hydrogen (secondary N) is 1. The summed E-state index contributed by atoms with van der Waals surface area (Å²) in [4.78, 5) is 18.1. The van der Waals surface area contributed by atoms with E-state index in [1.54, 1.807) is 0 Å². The van der Waals surface area contributed by atoms with Crippen molar-refractivity contribution >= 4 is 39.3 Å². The van der Waals surface area contributed by atoms with E-state index in [9.17, 15) is 4.79 Å². The van der Waals surface area contributed by atoms with Crippen molar-refractivity contribution in [2.75, 3.05) is 5.32 Å². The molecule has 5 nitrogen and oxygen atoms in total. The molecule has 1 amide bonds. The van der Waals surface area contributed by atoms with E-state index in [4.69, 9.17) is 0 Å². The van der Waals surface area contributed by atoms with Gasteiger partial charge in [-0.3, -0.25) is 4.79 Å². The van der Waals surface area contributed by atoms with Gasteiger partial charge in [0.05, 0.1) is 5.69 Å². The van der Waals surface area contributed by atoms with Crippen LogP contribution in [0.15, 0.2) is 93.6 Å². The maximum absolute atomic E-state index is 12.7. The average Bonchev–Trinajstić information content (AvgIpc) is 3.13. The number of amides is 1. The van der Waals surface area contributed by atoms with Crippen LogP contribution in [0.3, 0.4) is 0 Å². The summed E-state index contributed by atoms with van der Waals surface area (Å²) < 4.78 is 2.43. The lowest BCUT2D eigenvalue weighted by molar-refractivity contribution is 0.102. The first-order chi connectivity index (χ1) is 15.1. The van der Waals surface area contributed by atoms with Crippen LogP contribution in [0.4, 0.5) is 5.69 Å². The molecule has 1 heterocycles. The van der Waals surface area contributed by atoms with E-state index in [0.29, 0.717) is 16.8 Å². The number of hydrogen-bond acceptors (Lipinski definition) is 4. The summed E-state index contributed by atoms with van der Waals surface area (Å²) in [5.74, 6) is -0.139. The van der Waals surface area contributed by atoms with E-state index in [0.717, 1.165) is 27.7 Å². The summed E-state index contributed by atoms with van der Waals surface area (Å²) in [6.07, 6.45) is 0.857. The molecule has 31 heavy (non-hydrogen) atoms. The summed E-state index contributed by atoms with van der Waals surface area (Å²) in [7, 11) is 0. The molecule has 1 N–H and O–H groups in total. The lowest BCUT2D eigenvalue weighted by atomic mass is 10.1. The van der Waals surface area contributed by atoms with Crippen molar-refractivity contribution < 1.29 is 4.79 Å². The predicted molar refractivity (Wildman–Crippen MR) is 128 cm³/mol. The standard InChI is InChI=1S/C24H21BrN4OS/c1-17-11-13-19(14-12-17)22(30)26-20-9-5-6-10-21(20)31-24-27-23(25)28-29(24)16-15-18-7-3-2-4-8-18/h2-14H,15-16H2,1H3,(H,26,30). The van der Waals surface area contributed by atoms with Crippen molar-refractivity contribution in [3.8, 4) is 0 Å². The molecule has 4 aromatic rings. The molecule has 0 unspecified atom stereocenters. The molecule has 0 radical (unpaired) electrons. The Kier molecular flexibility index (Phi) is 6.84. The minimum Gasteiger partial charge on any atom is -0.321 e. The van der Waals surface area contributed by atoms with Gasteiger partial charge in [0.25, 0.3) is 5.91 Å². The molecule has 7 heteroatoms. The Labute approximate surface area is 194 Å². The van der Waals surface area contributed by atoms with Gasteiger partial charge in [-0.25, -0.2) is 4.68 Å². The van der Waals surface area contributed by atoms with Crippen LogP contribution < -0.4 is 5.32 Å². The third kappa shape index (κ3) is 5.62. The Morgan fingerprint density at radius 1 is 1.00 bits per heavy atom. The van der Waals surface area contributed by atoms with E-state index < -0.39 is 0 Å². The van der Waals surface area contributed by atoms with Gasteiger partial charge in [-0.1, -0.05) is 60.2 Å². The number of rotatable bonds is 7. The lowest BCUT2D eigenvalue weighted by Crippen LogP contribution is -2.12. The first kappa shape index (κ1) is 21.3. The smallest absolute Gasteiger partial charge is 0.255 e. The highest BCUT2D eigenvalue weighted by molar-refractivity contribution is 9.10. The van der Waals surface area contributed by atoms with Gasteiger partial charge in [0.2, 0.25) is 4.73 Å². The van der Waals surface area contributed by atoms with E-state index in [2.05, 4.69) is 43.5 Å². The third-order valence-electron chi connectivity index (χ3n) is 4.72. The number of nitrogens with zero attached hydrogens (tertiary/aromatic N) is 3. The molecule has 0 fully saturated rings. The van der Waals surface area contributed by atoms with Gasteiger partial charge in [0.15, 0.2) is 5.16 Å². The molecule has 0 saturated heterocycles. The molecular weight excluding hydrogens is 472 g/mol. The molecular formula is C24H21BrN4OS. The number of anilines is 1. The fraction of sp³-hybridized carbons (Fsp3) is 0.125. The predicted octanol–water partition coefficient (Wildman–Crippen LogP) is 6.00. The maximum Gasteiger partial charge on any atom is 0.255 e. The van der Waals surface area contributed by atoms with E-state index in [1.807, 2.05) is 78.3 Å². The van der Waals surface area contributed by atoms with Gasteiger partial charge in [-0.15, -0.1) is 5.10 Å². The lowest BCUT2D eigenvalue weighted by Gasteiger charge is -2.11. The Bertz CT molecular complexity index is 1180. The molecule has 1 aromatic heterocycles. The Morgan fingerprint density at radius 2 is 1.71 bits per heavy atom. The Morgan fingerprint density at radius 3 is 2.48 bits per heavy atom. The number of halogens is 1. The molecule has 0 bridgehead atoms. The van der Waals surface area contributed by atoms with Gasteiger partial charge in [-0.2, -0.15) is 4.98 Å². The summed E-state index contributed by atoms with van der Waals surface area (Å²) in [5.41, 5.74) is 3.73. The number of carbonyl (C=O) groups is 1. The van der Waals surface area contributed by atoms with E-state index >= 15 is 0 Å². The fourth-order valence-corrected chi connectivity index (χ4v) is 4.48. The molecule has 4 rings (SSSR count). The zero-order valence-corrected chi connectivity index (χ0v) is 19.4. The van der Waals surface area contributed by atoms with Crippen LogP contribution in [0.5, 0.6) is 0 Å². The van der Waals surface area contributed by atoms with Crippen LogP contribution in [0, 0.1) is 6.92 Å². The summed E-state index contributed by atoms with van der Waals surface area (Å²) in [6.45, 7) is 2.71. The number of hydrogen-bond donors (Lipinski definition) is 1. The quantitative estimate of drug-likeness (QED) is 0.343. The van der Waals surface area contributed by atoms with Crippen LogP contribution >= 0.6 is 27.7 Å². The van der Waals surface area contributed by atoms with Crippen LogP contribution in [-0.4, -0.2) is 20.7 Å². The van der Waals surface area contributed by atoms with Gasteiger partial charge in [0, 0.05) is 17.0 Å². The summed E-state index contributed by atoms with van der Waals surface area (Å²) in [6, 6.07) is 25.6. The van der Waals surface area contributed by atoms with Crippen molar-refractivity contribution in [2.24, 2.45) is 0 Å². The summed E-state index contributed by atoms with van der Waals surface area (Å²) in [5, 5.41) is 8.27. The third-order valence-corrected chi connectivity index (χ3v) is 6.11. The van der Waals surface area contributed by atoms with Crippen LogP contribution in [0.25, 0.3) is 0 Å².